The van der Waals surface area contributed by atoms with E-state index in [2.05, 4.69) is 5.32 Å². The molecule has 6 nitrogen and oxygen atoms in total. The lowest BCUT2D eigenvalue weighted by Gasteiger charge is -2.29. The van der Waals surface area contributed by atoms with Crippen LogP contribution in [0, 0.1) is 5.82 Å². The first kappa shape index (κ1) is 23.2. The Morgan fingerprint density at radius 1 is 1.10 bits per heavy atom. The topological polar surface area (TPSA) is 67.9 Å². The fourth-order valence-electron chi connectivity index (χ4n) is 3.15. The molecule has 2 rings (SSSR count). The Morgan fingerprint density at radius 2 is 1.80 bits per heavy atom. The highest BCUT2D eigenvalue weighted by Crippen LogP contribution is 2.28. The zero-order valence-corrected chi connectivity index (χ0v) is 17.9. The van der Waals surface area contributed by atoms with Crippen LogP contribution in [0.5, 0.6) is 11.5 Å². The minimum absolute atomic E-state index is 0.0236. The molecule has 0 saturated carbocycles. The van der Waals surface area contributed by atoms with Crippen LogP contribution in [0.4, 0.5) is 4.39 Å². The molecule has 0 aliphatic rings. The average Bonchev–Trinajstić information content (AvgIpc) is 2.76. The molecule has 0 aliphatic carbocycles. The summed E-state index contributed by atoms with van der Waals surface area (Å²) in [4.78, 5) is 26.8. The number of hydrogen-bond acceptors (Lipinski definition) is 4. The first-order valence-corrected chi connectivity index (χ1v) is 9.92. The number of benzene rings is 2. The van der Waals surface area contributed by atoms with E-state index in [0.29, 0.717) is 30.0 Å². The standard InChI is InChI=1S/C23H29FN2O4/c1-5-25-23(28)16(2)26(15-18-8-6-7-9-19(18)24)22(27)13-11-17-10-12-20(29-3)21(14-17)30-4/h6-10,12,14,16H,5,11,13,15H2,1-4H3,(H,25,28)/t16-/m0/s1. The molecule has 7 heteroatoms. The van der Waals surface area contributed by atoms with E-state index >= 15 is 0 Å². The third kappa shape index (κ3) is 5.95. The third-order valence-corrected chi connectivity index (χ3v) is 4.89. The Bertz CT molecular complexity index is 872. The van der Waals surface area contributed by atoms with Crippen molar-refractivity contribution in [1.82, 2.24) is 10.2 Å². The van der Waals surface area contributed by atoms with Crippen molar-refractivity contribution in [3.05, 3.63) is 59.4 Å². The minimum Gasteiger partial charge on any atom is -0.493 e. The number of nitrogens with one attached hydrogen (secondary N) is 1. The van der Waals surface area contributed by atoms with Gasteiger partial charge < -0.3 is 19.7 Å². The minimum atomic E-state index is -0.720. The van der Waals surface area contributed by atoms with Crippen LogP contribution in [-0.4, -0.2) is 43.5 Å². The van der Waals surface area contributed by atoms with Crippen molar-refractivity contribution < 1.29 is 23.5 Å². The van der Waals surface area contributed by atoms with Crippen molar-refractivity contribution in [1.29, 1.82) is 0 Å². The van der Waals surface area contributed by atoms with Crippen LogP contribution in [-0.2, 0) is 22.6 Å². The number of likely N-dealkylation sites (N-methyl/N-ethyl adjacent to an activating group) is 1. The maximum Gasteiger partial charge on any atom is 0.242 e. The van der Waals surface area contributed by atoms with E-state index in [0.717, 1.165) is 5.56 Å². The molecule has 0 saturated heterocycles. The normalized spacial score (nSPS) is 11.5. The molecule has 0 heterocycles. The number of rotatable bonds is 10. The molecular formula is C23H29FN2O4. The lowest BCUT2D eigenvalue weighted by molar-refractivity contribution is -0.140. The maximum absolute atomic E-state index is 14.2. The molecule has 0 unspecified atom stereocenters. The zero-order chi connectivity index (χ0) is 22.1. The van der Waals surface area contributed by atoms with Crippen LogP contribution in [0.1, 0.15) is 31.4 Å². The van der Waals surface area contributed by atoms with Gasteiger partial charge in [-0.1, -0.05) is 24.3 Å². The van der Waals surface area contributed by atoms with Gasteiger partial charge >= 0.3 is 0 Å². The van der Waals surface area contributed by atoms with Crippen molar-refractivity contribution in [3.63, 3.8) is 0 Å². The number of aryl methyl sites for hydroxylation is 1. The number of methoxy groups -OCH3 is 2. The highest BCUT2D eigenvalue weighted by Gasteiger charge is 2.26. The number of halogens is 1. The Hall–Kier alpha value is -3.09. The first-order chi connectivity index (χ1) is 14.4. The van der Waals surface area contributed by atoms with Crippen molar-refractivity contribution in [2.75, 3.05) is 20.8 Å². The highest BCUT2D eigenvalue weighted by atomic mass is 19.1. The SMILES string of the molecule is CCNC(=O)[C@H](C)N(Cc1ccccc1F)C(=O)CCc1ccc(OC)c(OC)c1. The monoisotopic (exact) mass is 416 g/mol. The number of amides is 2. The van der Waals surface area contributed by atoms with Crippen molar-refractivity contribution in [3.8, 4) is 11.5 Å². The van der Waals surface area contributed by atoms with Gasteiger partial charge in [0, 0.05) is 25.1 Å². The Morgan fingerprint density at radius 3 is 2.43 bits per heavy atom. The van der Waals surface area contributed by atoms with Crippen molar-refractivity contribution in [2.24, 2.45) is 0 Å². The van der Waals surface area contributed by atoms with Gasteiger partial charge in [0.1, 0.15) is 11.9 Å². The largest absolute Gasteiger partial charge is 0.493 e. The predicted molar refractivity (Wildman–Crippen MR) is 113 cm³/mol. The van der Waals surface area contributed by atoms with E-state index in [-0.39, 0.29) is 24.8 Å². The van der Waals surface area contributed by atoms with Gasteiger partial charge in [-0.15, -0.1) is 0 Å². The van der Waals surface area contributed by atoms with Gasteiger partial charge in [0.2, 0.25) is 11.8 Å². The Balaban J connectivity index is 2.17. The maximum atomic E-state index is 14.2. The second kappa shape index (κ2) is 11.2. The fraction of sp³-hybridized carbons (Fsp3) is 0.391. The van der Waals surface area contributed by atoms with Gasteiger partial charge in [0.05, 0.1) is 14.2 Å². The van der Waals surface area contributed by atoms with Crippen LogP contribution >= 0.6 is 0 Å². The van der Waals surface area contributed by atoms with Crippen LogP contribution in [0.25, 0.3) is 0 Å². The van der Waals surface area contributed by atoms with Crippen LogP contribution in [0.15, 0.2) is 42.5 Å². The zero-order valence-electron chi connectivity index (χ0n) is 17.9. The molecule has 2 aromatic carbocycles. The molecule has 0 aromatic heterocycles. The number of ether oxygens (including phenoxy) is 2. The second-order valence-corrected chi connectivity index (χ2v) is 6.87. The summed E-state index contributed by atoms with van der Waals surface area (Å²) in [5.41, 5.74) is 1.27. The lowest BCUT2D eigenvalue weighted by Crippen LogP contribution is -2.47. The number of nitrogens with zero attached hydrogens (tertiary/aromatic N) is 1. The van der Waals surface area contributed by atoms with Gasteiger partial charge in [-0.25, -0.2) is 4.39 Å². The summed E-state index contributed by atoms with van der Waals surface area (Å²) < 4.78 is 24.7. The van der Waals surface area contributed by atoms with Gasteiger partial charge in [0.15, 0.2) is 11.5 Å². The summed E-state index contributed by atoms with van der Waals surface area (Å²) in [7, 11) is 3.11. The summed E-state index contributed by atoms with van der Waals surface area (Å²) >= 11 is 0. The highest BCUT2D eigenvalue weighted by molar-refractivity contribution is 5.87. The summed E-state index contributed by atoms with van der Waals surface area (Å²) in [6.45, 7) is 3.94. The van der Waals surface area contributed by atoms with Crippen LogP contribution in [0.3, 0.4) is 0 Å². The molecule has 2 aromatic rings. The van der Waals surface area contributed by atoms with Gasteiger partial charge in [-0.05, 0) is 44.0 Å². The van der Waals surface area contributed by atoms with E-state index in [4.69, 9.17) is 9.47 Å². The van der Waals surface area contributed by atoms with E-state index in [1.807, 2.05) is 19.1 Å². The fourth-order valence-corrected chi connectivity index (χ4v) is 3.15. The molecule has 0 spiro atoms. The molecular weight excluding hydrogens is 387 g/mol. The molecule has 0 radical (unpaired) electrons. The van der Waals surface area contributed by atoms with Gasteiger partial charge in [-0.3, -0.25) is 9.59 Å². The summed E-state index contributed by atoms with van der Waals surface area (Å²) in [5.74, 6) is 0.290. The van der Waals surface area contributed by atoms with E-state index < -0.39 is 11.9 Å². The predicted octanol–water partition coefficient (Wildman–Crippen LogP) is 3.33. The molecule has 1 N–H and O–H groups in total. The first-order valence-electron chi connectivity index (χ1n) is 9.92. The van der Waals surface area contributed by atoms with Crippen molar-refractivity contribution in [2.45, 2.75) is 39.3 Å². The van der Waals surface area contributed by atoms with E-state index in [9.17, 15) is 14.0 Å². The molecule has 162 valence electrons. The molecule has 30 heavy (non-hydrogen) atoms. The Kier molecular flexibility index (Phi) is 8.65. The molecule has 0 aliphatic heterocycles. The van der Waals surface area contributed by atoms with Crippen LogP contribution in [0.2, 0.25) is 0 Å². The Labute approximate surface area is 177 Å². The second-order valence-electron chi connectivity index (χ2n) is 6.87. The van der Waals surface area contributed by atoms with Gasteiger partial charge in [-0.2, -0.15) is 0 Å². The molecule has 2 amide bonds. The smallest absolute Gasteiger partial charge is 0.242 e. The molecule has 0 bridgehead atoms. The summed E-state index contributed by atoms with van der Waals surface area (Å²) in [6, 6.07) is 11.0. The number of carbonyl (C=O) groups is 2. The average molecular weight is 416 g/mol. The molecule has 1 atom stereocenters. The van der Waals surface area contributed by atoms with Crippen LogP contribution < -0.4 is 14.8 Å². The van der Waals surface area contributed by atoms with Gasteiger partial charge in [0.25, 0.3) is 0 Å². The number of hydrogen-bond donors (Lipinski definition) is 1. The third-order valence-electron chi connectivity index (χ3n) is 4.89. The van der Waals surface area contributed by atoms with E-state index in [1.54, 1.807) is 45.4 Å². The molecule has 0 fully saturated rings. The summed E-state index contributed by atoms with van der Waals surface area (Å²) in [5, 5.41) is 2.73. The van der Waals surface area contributed by atoms with Crippen molar-refractivity contribution >= 4 is 11.8 Å². The quantitative estimate of drug-likeness (QED) is 0.645. The summed E-state index contributed by atoms with van der Waals surface area (Å²) in [6.07, 6.45) is 0.628. The number of carbonyl (C=O) groups excluding carboxylic acids is 2. The lowest BCUT2D eigenvalue weighted by atomic mass is 10.1. The van der Waals surface area contributed by atoms with E-state index in [1.165, 1.54) is 11.0 Å².